The van der Waals surface area contributed by atoms with Crippen LogP contribution in [0.2, 0.25) is 5.15 Å². The second kappa shape index (κ2) is 15.4. The number of carboxylic acid groups (broad SMARTS) is 1. The molecule has 3 aromatic rings. The van der Waals surface area contributed by atoms with E-state index in [0.717, 1.165) is 59.2 Å². The molecule has 12 nitrogen and oxygen atoms in total. The third-order valence-electron chi connectivity index (χ3n) is 7.34. The first-order valence-electron chi connectivity index (χ1n) is 15.0. The fourth-order valence-electron chi connectivity index (χ4n) is 4.97. The molecular weight excluding hydrogens is 628 g/mol. The van der Waals surface area contributed by atoms with Crippen LogP contribution in [0.25, 0.3) is 23.1 Å². The average molecular weight is 663 g/mol. The van der Waals surface area contributed by atoms with Gasteiger partial charge >= 0.3 is 24.2 Å². The minimum absolute atomic E-state index is 0.0115. The standard InChI is InChI=1S/C20H21ClN2O3.C14H14N2O5/c1-2-3-4-5-8-11-23-19(24)17(26-20(23)25)13-15-12-14-9-6-7-10-16(14)22-18(15)21;1-8-6-9(4-5-10(8)15(2)3)7-11-12(17)16(13(18)19)14(20)21-11/h6-7,9-10,12-13H,2-5,8,11H2,1H3;4-7H,1-3H3,(H,18,19)/b17-13+;11-7+. The number of cyclic esters (lactones) is 2. The van der Waals surface area contributed by atoms with Crippen molar-refractivity contribution in [3.8, 4) is 0 Å². The Bertz CT molecular complexity index is 1780. The summed E-state index contributed by atoms with van der Waals surface area (Å²) < 4.78 is 9.82. The Morgan fingerprint density at radius 1 is 0.915 bits per heavy atom. The number of fused-ring (bicyclic) bond motifs is 1. The number of imide groups is 4. The highest BCUT2D eigenvalue weighted by molar-refractivity contribution is 6.31. The molecule has 2 saturated heterocycles. The highest BCUT2D eigenvalue weighted by atomic mass is 35.5. The molecule has 2 aliphatic heterocycles. The lowest BCUT2D eigenvalue weighted by Crippen LogP contribution is -2.33. The average Bonchev–Trinajstić information content (AvgIpc) is 3.45. The molecule has 13 heteroatoms. The number of carbonyl (C=O) groups excluding carboxylic acids is 4. The third kappa shape index (κ3) is 8.33. The zero-order valence-corrected chi connectivity index (χ0v) is 27.2. The number of halogens is 1. The van der Waals surface area contributed by atoms with Crippen molar-refractivity contribution in [3.05, 3.63) is 81.9 Å². The van der Waals surface area contributed by atoms with Crippen molar-refractivity contribution < 1.29 is 38.6 Å². The summed E-state index contributed by atoms with van der Waals surface area (Å²) in [6.07, 6.45) is 4.53. The summed E-state index contributed by atoms with van der Waals surface area (Å²) in [5, 5.41) is 9.91. The van der Waals surface area contributed by atoms with Gasteiger partial charge in [-0.25, -0.2) is 24.3 Å². The lowest BCUT2D eigenvalue weighted by Gasteiger charge is -2.15. The van der Waals surface area contributed by atoms with Gasteiger partial charge in [0.1, 0.15) is 5.15 Å². The number of unbranched alkanes of at least 4 members (excludes halogenated alkanes) is 4. The molecule has 0 spiro atoms. The Labute approximate surface area is 276 Å². The van der Waals surface area contributed by atoms with Gasteiger partial charge in [0.25, 0.3) is 5.91 Å². The van der Waals surface area contributed by atoms with Crippen LogP contribution in [0, 0.1) is 6.92 Å². The van der Waals surface area contributed by atoms with E-state index in [1.54, 1.807) is 6.07 Å². The monoisotopic (exact) mass is 662 g/mol. The van der Waals surface area contributed by atoms with Gasteiger partial charge in [0.2, 0.25) is 0 Å². The van der Waals surface area contributed by atoms with Crippen molar-refractivity contribution >= 4 is 70.4 Å². The van der Waals surface area contributed by atoms with E-state index in [0.29, 0.717) is 17.7 Å². The van der Waals surface area contributed by atoms with E-state index < -0.39 is 30.1 Å². The van der Waals surface area contributed by atoms with E-state index in [9.17, 15) is 24.0 Å². The van der Waals surface area contributed by atoms with Crippen molar-refractivity contribution in [2.75, 3.05) is 25.5 Å². The first kappa shape index (κ1) is 34.6. The van der Waals surface area contributed by atoms with E-state index >= 15 is 0 Å². The van der Waals surface area contributed by atoms with Gasteiger partial charge in [-0.05, 0) is 60.9 Å². The smallest absolute Gasteiger partial charge is 0.432 e. The van der Waals surface area contributed by atoms with E-state index in [4.69, 9.17) is 21.4 Å². The molecule has 5 rings (SSSR count). The number of ether oxygens (including phenoxy) is 2. The fourth-order valence-corrected chi connectivity index (χ4v) is 5.17. The molecule has 0 radical (unpaired) electrons. The van der Waals surface area contributed by atoms with Crippen LogP contribution in [0.15, 0.2) is 60.0 Å². The molecule has 1 aromatic heterocycles. The maximum Gasteiger partial charge on any atom is 0.432 e. The van der Waals surface area contributed by atoms with Gasteiger partial charge in [-0.1, -0.05) is 68.5 Å². The number of benzene rings is 2. The Kier molecular flexibility index (Phi) is 11.3. The molecule has 2 aliphatic rings. The fraction of sp³-hybridized carbons (Fsp3) is 0.294. The number of aromatic nitrogens is 1. The molecule has 2 fully saturated rings. The Morgan fingerprint density at radius 2 is 1.60 bits per heavy atom. The SMILES string of the molecule is CCCCCCCN1C(=O)O/C(=C/c2cc3ccccc3nc2Cl)C1=O.Cc1cc(/C=C2/OC(=O)N(C(=O)O)C2=O)ccc1N(C)C. The molecule has 1 N–H and O–H groups in total. The summed E-state index contributed by atoms with van der Waals surface area (Å²) in [5.41, 5.74) is 3.94. The molecule has 47 heavy (non-hydrogen) atoms. The second-order valence-electron chi connectivity index (χ2n) is 11.0. The number of aryl methyl sites for hydroxylation is 1. The van der Waals surface area contributed by atoms with E-state index in [1.807, 2.05) is 68.4 Å². The number of nitrogens with zero attached hydrogens (tertiary/aromatic N) is 4. The van der Waals surface area contributed by atoms with Crippen LogP contribution in [-0.2, 0) is 19.1 Å². The predicted molar refractivity (Wildman–Crippen MR) is 177 cm³/mol. The second-order valence-corrected chi connectivity index (χ2v) is 11.4. The van der Waals surface area contributed by atoms with Crippen LogP contribution in [0.5, 0.6) is 0 Å². The summed E-state index contributed by atoms with van der Waals surface area (Å²) in [5.74, 6) is -1.72. The quantitative estimate of drug-likeness (QED) is 0.141. The molecule has 2 aromatic carbocycles. The number of pyridine rings is 1. The van der Waals surface area contributed by atoms with Gasteiger partial charge in [-0.3, -0.25) is 9.59 Å². The van der Waals surface area contributed by atoms with Gasteiger partial charge in [-0.2, -0.15) is 0 Å². The summed E-state index contributed by atoms with van der Waals surface area (Å²) in [6.45, 7) is 4.43. The van der Waals surface area contributed by atoms with Crippen molar-refractivity contribution in [3.63, 3.8) is 0 Å². The van der Waals surface area contributed by atoms with Crippen molar-refractivity contribution in [1.29, 1.82) is 0 Å². The molecule has 5 amide bonds. The van der Waals surface area contributed by atoms with Gasteiger partial charge in [0, 0.05) is 37.3 Å². The first-order valence-corrected chi connectivity index (χ1v) is 15.4. The maximum atomic E-state index is 12.5. The van der Waals surface area contributed by atoms with Crippen molar-refractivity contribution in [2.24, 2.45) is 0 Å². The van der Waals surface area contributed by atoms with E-state index in [2.05, 4.69) is 16.6 Å². The summed E-state index contributed by atoms with van der Waals surface area (Å²) in [7, 11) is 3.82. The predicted octanol–water partition coefficient (Wildman–Crippen LogP) is 7.24. The molecular formula is C34H35ClN4O8. The van der Waals surface area contributed by atoms with Gasteiger partial charge in [0.15, 0.2) is 11.5 Å². The van der Waals surface area contributed by atoms with Gasteiger partial charge in [0.05, 0.1) is 5.52 Å². The van der Waals surface area contributed by atoms with Gasteiger partial charge < -0.3 is 19.5 Å². The third-order valence-corrected chi connectivity index (χ3v) is 7.64. The summed E-state index contributed by atoms with van der Waals surface area (Å²) >= 11 is 6.21. The number of carbonyl (C=O) groups is 5. The zero-order chi connectivity index (χ0) is 34.2. The van der Waals surface area contributed by atoms with Crippen LogP contribution in [-0.4, -0.2) is 70.6 Å². The maximum absolute atomic E-state index is 12.5. The number of hydrogen-bond donors (Lipinski definition) is 1. The Hall–Kier alpha value is -5.23. The summed E-state index contributed by atoms with van der Waals surface area (Å²) in [6, 6.07) is 14.8. The molecule has 246 valence electrons. The van der Waals surface area contributed by atoms with E-state index in [-0.39, 0.29) is 21.6 Å². The zero-order valence-electron chi connectivity index (χ0n) is 26.5. The van der Waals surface area contributed by atoms with Gasteiger partial charge in [-0.15, -0.1) is 4.90 Å². The first-order chi connectivity index (χ1) is 22.4. The van der Waals surface area contributed by atoms with Crippen LogP contribution >= 0.6 is 11.6 Å². The molecule has 0 atom stereocenters. The molecule has 0 saturated carbocycles. The molecule has 0 bridgehead atoms. The number of para-hydroxylation sites is 1. The molecule has 0 aliphatic carbocycles. The van der Waals surface area contributed by atoms with Crippen LogP contribution < -0.4 is 4.90 Å². The van der Waals surface area contributed by atoms with Crippen LogP contribution in [0.3, 0.4) is 0 Å². The Morgan fingerprint density at radius 3 is 2.26 bits per heavy atom. The van der Waals surface area contributed by atoms with Crippen molar-refractivity contribution in [1.82, 2.24) is 14.8 Å². The molecule has 3 heterocycles. The number of rotatable bonds is 9. The lowest BCUT2D eigenvalue weighted by molar-refractivity contribution is -0.123. The normalized spacial score (nSPS) is 16.1. The highest BCUT2D eigenvalue weighted by Gasteiger charge is 2.41. The van der Waals surface area contributed by atoms with Crippen LogP contribution in [0.4, 0.5) is 20.1 Å². The number of amides is 5. The minimum atomic E-state index is -1.66. The Balaban J connectivity index is 0.000000218. The summed E-state index contributed by atoms with van der Waals surface area (Å²) in [4.78, 5) is 65.7. The van der Waals surface area contributed by atoms with Crippen LogP contribution in [0.1, 0.15) is 55.7 Å². The van der Waals surface area contributed by atoms with Crippen molar-refractivity contribution in [2.45, 2.75) is 46.0 Å². The van der Waals surface area contributed by atoms with E-state index in [1.165, 1.54) is 12.2 Å². The number of anilines is 1. The molecule has 0 unspecified atom stereocenters. The number of hydrogen-bond acceptors (Lipinski definition) is 9. The highest BCUT2D eigenvalue weighted by Crippen LogP contribution is 2.27. The minimum Gasteiger partial charge on any atom is -0.464 e. The topological polar surface area (TPSA) is 147 Å². The largest absolute Gasteiger partial charge is 0.464 e. The lowest BCUT2D eigenvalue weighted by atomic mass is 10.1.